The van der Waals surface area contributed by atoms with Crippen molar-refractivity contribution in [2.75, 3.05) is 13.6 Å². The molecule has 0 bridgehead atoms. The number of nitrogens with zero attached hydrogens (tertiary/aromatic N) is 2. The molecule has 0 fully saturated rings. The standard InChI is InChI=1S/C16H17N3S/c1-19-11-16(13-9-5-6-10-14(13)19)18-17-15(20-16)12-7-3-2-4-8-12/h2-4,6-8,10,18H,5,9,11H2,1H3. The molecule has 1 spiro atoms. The van der Waals surface area contributed by atoms with Crippen molar-refractivity contribution in [2.45, 2.75) is 17.7 Å². The monoisotopic (exact) mass is 283 g/mol. The molecule has 1 atom stereocenters. The largest absolute Gasteiger partial charge is 0.371 e. The lowest BCUT2D eigenvalue weighted by atomic mass is 9.98. The van der Waals surface area contributed by atoms with E-state index in [9.17, 15) is 0 Å². The molecule has 0 amide bonds. The molecule has 3 aliphatic rings. The van der Waals surface area contributed by atoms with E-state index in [2.05, 4.69) is 58.9 Å². The first-order valence-electron chi connectivity index (χ1n) is 6.99. The number of allylic oxidation sites excluding steroid dienone is 2. The van der Waals surface area contributed by atoms with E-state index < -0.39 is 0 Å². The van der Waals surface area contributed by atoms with Crippen molar-refractivity contribution in [3.63, 3.8) is 0 Å². The third-order valence-corrected chi connectivity index (χ3v) is 5.47. The molecule has 0 radical (unpaired) electrons. The number of rotatable bonds is 1. The normalized spacial score (nSPS) is 27.9. The maximum Gasteiger partial charge on any atom is 0.147 e. The molecule has 102 valence electrons. The van der Waals surface area contributed by atoms with Gasteiger partial charge >= 0.3 is 0 Å². The van der Waals surface area contributed by atoms with Crippen molar-refractivity contribution in [2.24, 2.45) is 5.10 Å². The molecule has 1 aromatic carbocycles. The van der Waals surface area contributed by atoms with Crippen molar-refractivity contribution in [3.05, 3.63) is 59.3 Å². The Morgan fingerprint density at radius 2 is 2.15 bits per heavy atom. The lowest BCUT2D eigenvalue weighted by Gasteiger charge is -2.26. The summed E-state index contributed by atoms with van der Waals surface area (Å²) in [5, 5.41) is 5.71. The molecule has 20 heavy (non-hydrogen) atoms. The van der Waals surface area contributed by atoms with Gasteiger partial charge in [-0.3, -0.25) is 5.43 Å². The van der Waals surface area contributed by atoms with Crippen LogP contribution in [0.3, 0.4) is 0 Å². The van der Waals surface area contributed by atoms with Gasteiger partial charge in [0, 0.05) is 18.3 Å². The Kier molecular flexibility index (Phi) is 2.67. The van der Waals surface area contributed by atoms with Crippen molar-refractivity contribution < 1.29 is 0 Å². The van der Waals surface area contributed by atoms with E-state index in [1.165, 1.54) is 16.8 Å². The van der Waals surface area contributed by atoms with Gasteiger partial charge < -0.3 is 4.90 Å². The highest BCUT2D eigenvalue weighted by Crippen LogP contribution is 2.47. The number of hydrazone groups is 1. The zero-order valence-corrected chi connectivity index (χ0v) is 12.3. The smallest absolute Gasteiger partial charge is 0.147 e. The average molecular weight is 283 g/mol. The van der Waals surface area contributed by atoms with Crippen LogP contribution in [0.4, 0.5) is 0 Å². The van der Waals surface area contributed by atoms with Crippen molar-refractivity contribution in [1.29, 1.82) is 0 Å². The summed E-state index contributed by atoms with van der Waals surface area (Å²) in [4.78, 5) is 2.29. The fourth-order valence-corrected chi connectivity index (χ4v) is 4.54. The number of thioether (sulfide) groups is 1. The number of hydrogen-bond donors (Lipinski definition) is 1. The number of likely N-dealkylation sites (N-methyl/N-ethyl adjacent to an activating group) is 1. The zero-order valence-electron chi connectivity index (χ0n) is 11.5. The third-order valence-electron chi connectivity index (χ3n) is 4.13. The maximum atomic E-state index is 4.61. The molecule has 0 saturated carbocycles. The summed E-state index contributed by atoms with van der Waals surface area (Å²) in [6, 6.07) is 10.4. The van der Waals surface area contributed by atoms with Gasteiger partial charge in [-0.1, -0.05) is 48.2 Å². The van der Waals surface area contributed by atoms with E-state index in [0.29, 0.717) is 0 Å². The molecule has 1 unspecified atom stereocenters. The molecular formula is C16H17N3S. The Balaban J connectivity index is 1.67. The molecule has 0 aromatic heterocycles. The first-order valence-corrected chi connectivity index (χ1v) is 7.81. The van der Waals surface area contributed by atoms with Crippen molar-refractivity contribution in [1.82, 2.24) is 10.3 Å². The second kappa shape index (κ2) is 4.42. The Labute approximate surface area is 123 Å². The Bertz CT molecular complexity index is 632. The molecule has 3 nitrogen and oxygen atoms in total. The predicted octanol–water partition coefficient (Wildman–Crippen LogP) is 2.93. The van der Waals surface area contributed by atoms with E-state index in [1.54, 1.807) is 0 Å². The Morgan fingerprint density at radius 3 is 3.00 bits per heavy atom. The average Bonchev–Trinajstić information content (AvgIpc) is 3.04. The summed E-state index contributed by atoms with van der Waals surface area (Å²) < 4.78 is 0. The first-order chi connectivity index (χ1) is 9.78. The molecule has 0 saturated heterocycles. The molecule has 4 heteroatoms. The van der Waals surface area contributed by atoms with Crippen LogP contribution in [0.5, 0.6) is 0 Å². The van der Waals surface area contributed by atoms with Crippen LogP contribution < -0.4 is 5.43 Å². The van der Waals surface area contributed by atoms with Crippen LogP contribution in [-0.4, -0.2) is 28.4 Å². The van der Waals surface area contributed by atoms with E-state index in [0.717, 1.165) is 24.4 Å². The number of fused-ring (bicyclic) bond motifs is 1. The molecule has 2 heterocycles. The fraction of sp³-hybridized carbons (Fsp3) is 0.312. The lowest BCUT2D eigenvalue weighted by molar-refractivity contribution is 0.410. The molecule has 4 rings (SSSR count). The van der Waals surface area contributed by atoms with E-state index in [-0.39, 0.29) is 4.87 Å². The van der Waals surface area contributed by atoms with Crippen LogP contribution in [0.25, 0.3) is 0 Å². The maximum absolute atomic E-state index is 4.61. The SMILES string of the molecule is CN1CC2(NN=C(c3ccccc3)S2)C2=C1C=CCC2. The van der Waals surface area contributed by atoms with Gasteiger partial charge in [0.05, 0.1) is 6.54 Å². The summed E-state index contributed by atoms with van der Waals surface area (Å²) >= 11 is 1.87. The summed E-state index contributed by atoms with van der Waals surface area (Å²) in [5.41, 5.74) is 7.50. The minimum Gasteiger partial charge on any atom is -0.371 e. The molecule has 1 aromatic rings. The third kappa shape index (κ3) is 1.71. The van der Waals surface area contributed by atoms with Crippen LogP contribution in [-0.2, 0) is 0 Å². The van der Waals surface area contributed by atoms with Crippen LogP contribution in [0.15, 0.2) is 58.9 Å². The first kappa shape index (κ1) is 12.1. The summed E-state index contributed by atoms with van der Waals surface area (Å²) in [6.45, 7) is 0.979. The highest BCUT2D eigenvalue weighted by molar-refractivity contribution is 8.16. The molecule has 1 aliphatic carbocycles. The van der Waals surface area contributed by atoms with Gasteiger partial charge in [0.1, 0.15) is 9.91 Å². The lowest BCUT2D eigenvalue weighted by Crippen LogP contribution is -2.41. The molecule has 1 N–H and O–H groups in total. The summed E-state index contributed by atoms with van der Waals surface area (Å²) in [5.74, 6) is 0. The van der Waals surface area contributed by atoms with Gasteiger partial charge in [-0.2, -0.15) is 5.10 Å². The minimum atomic E-state index is -0.0555. The van der Waals surface area contributed by atoms with Gasteiger partial charge in [-0.05, 0) is 24.5 Å². The predicted molar refractivity (Wildman–Crippen MR) is 84.5 cm³/mol. The van der Waals surface area contributed by atoms with Gasteiger partial charge in [0.15, 0.2) is 0 Å². The van der Waals surface area contributed by atoms with Crippen LogP contribution in [0.2, 0.25) is 0 Å². The van der Waals surface area contributed by atoms with Gasteiger partial charge in [-0.15, -0.1) is 0 Å². The highest BCUT2D eigenvalue weighted by Gasteiger charge is 2.47. The summed E-state index contributed by atoms with van der Waals surface area (Å²) in [6.07, 6.45) is 6.80. The van der Waals surface area contributed by atoms with Gasteiger partial charge in [0.2, 0.25) is 0 Å². The van der Waals surface area contributed by atoms with Crippen molar-refractivity contribution in [3.8, 4) is 0 Å². The van der Waals surface area contributed by atoms with Gasteiger partial charge in [0.25, 0.3) is 0 Å². The second-order valence-corrected chi connectivity index (χ2v) is 6.77. The number of benzene rings is 1. The number of nitrogens with one attached hydrogen (secondary N) is 1. The van der Waals surface area contributed by atoms with Crippen molar-refractivity contribution >= 4 is 16.8 Å². The topological polar surface area (TPSA) is 27.6 Å². The van der Waals surface area contributed by atoms with E-state index in [4.69, 9.17) is 0 Å². The quantitative estimate of drug-likeness (QED) is 0.859. The molecular weight excluding hydrogens is 266 g/mol. The molecule has 2 aliphatic heterocycles. The minimum absolute atomic E-state index is 0.0555. The Morgan fingerprint density at radius 1 is 1.30 bits per heavy atom. The zero-order chi connectivity index (χ0) is 13.6. The summed E-state index contributed by atoms with van der Waals surface area (Å²) in [7, 11) is 2.17. The van der Waals surface area contributed by atoms with E-state index >= 15 is 0 Å². The Hall–Kier alpha value is -1.68. The highest BCUT2D eigenvalue weighted by atomic mass is 32.2. The van der Waals surface area contributed by atoms with Crippen LogP contribution in [0.1, 0.15) is 18.4 Å². The van der Waals surface area contributed by atoms with Crippen LogP contribution in [0, 0.1) is 0 Å². The fourth-order valence-electron chi connectivity index (χ4n) is 3.18. The number of hydrogen-bond acceptors (Lipinski definition) is 4. The van der Waals surface area contributed by atoms with E-state index in [1.807, 2.05) is 17.8 Å². The second-order valence-electron chi connectivity index (χ2n) is 5.48. The van der Waals surface area contributed by atoms with Gasteiger partial charge in [-0.25, -0.2) is 0 Å². The van der Waals surface area contributed by atoms with Crippen LogP contribution >= 0.6 is 11.8 Å².